The van der Waals surface area contributed by atoms with Gasteiger partial charge in [-0.3, -0.25) is 0 Å². The average molecular weight is 218 g/mol. The van der Waals surface area contributed by atoms with Crippen molar-refractivity contribution >= 4 is 5.97 Å². The van der Waals surface area contributed by atoms with Crippen LogP contribution in [0, 0.1) is 0 Å². The Labute approximate surface area is 172 Å². The van der Waals surface area contributed by atoms with Gasteiger partial charge in [0.1, 0.15) is 0 Å². The quantitative estimate of drug-likeness (QED) is 0.475. The molecule has 1 aromatic rings. The summed E-state index contributed by atoms with van der Waals surface area (Å²) >= 11 is 0. The van der Waals surface area contributed by atoms with Crippen LogP contribution in [0.3, 0.4) is 0 Å². The number of hydrogen-bond acceptors (Lipinski definition) is 1. The zero-order valence-electron chi connectivity index (χ0n) is 12.7. The molecule has 0 heterocycles. The first-order valence-corrected chi connectivity index (χ1v) is 2.59. The van der Waals surface area contributed by atoms with Gasteiger partial charge in [0.2, 0.25) is 0 Å². The first-order chi connectivity index (χ1) is 4.30. The van der Waals surface area contributed by atoms with Crippen molar-refractivity contribution < 1.29 is 134 Å². The Kier molecular flexibility index (Phi) is 28.0. The van der Waals surface area contributed by atoms with Gasteiger partial charge in [-0.05, 0) is 12.1 Å². The van der Waals surface area contributed by atoms with Crippen molar-refractivity contribution in [2.45, 2.75) is 0 Å². The van der Waals surface area contributed by atoms with E-state index in [1.165, 1.54) is 0 Å². The minimum Gasteiger partial charge on any atom is -1.00 e. The summed E-state index contributed by atoms with van der Waals surface area (Å²) in [5, 5.41) is 8.38. The molecule has 1 N–H and O–H groups in total. The molecule has 0 saturated carbocycles. The van der Waals surface area contributed by atoms with Gasteiger partial charge in [-0.15, -0.1) is 0 Å². The summed E-state index contributed by atoms with van der Waals surface area (Å²) < 4.78 is 0. The molecule has 13 heavy (non-hydrogen) atoms. The van der Waals surface area contributed by atoms with E-state index in [0.717, 1.165) is 0 Å². The number of carboxylic acid groups (broad SMARTS) is 1. The van der Waals surface area contributed by atoms with Crippen molar-refractivity contribution in [3.05, 3.63) is 35.9 Å². The fourth-order valence-corrected chi connectivity index (χ4v) is 0.581. The molecule has 6 heteroatoms. The third-order valence-corrected chi connectivity index (χ3v) is 1.02. The van der Waals surface area contributed by atoms with Crippen molar-refractivity contribution in [3.8, 4) is 0 Å². The Balaban J connectivity index is -0.0000000169. The topological polar surface area (TPSA) is 37.3 Å². The third kappa shape index (κ3) is 11.0. The number of benzene rings is 1. The summed E-state index contributed by atoms with van der Waals surface area (Å²) in [7, 11) is 0. The second-order valence-electron chi connectivity index (χ2n) is 1.67. The molecular formula is C7H10Na4O2. The molecule has 0 aliphatic rings. The van der Waals surface area contributed by atoms with E-state index in [0.29, 0.717) is 5.56 Å². The molecule has 0 aliphatic heterocycles. The van der Waals surface area contributed by atoms with Crippen LogP contribution in [0.15, 0.2) is 30.3 Å². The zero-order chi connectivity index (χ0) is 6.69. The summed E-state index contributed by atoms with van der Waals surface area (Å²) in [4.78, 5) is 10.2. The molecule has 0 amide bonds. The fourth-order valence-electron chi connectivity index (χ4n) is 0.581. The molecule has 0 unspecified atom stereocenters. The molecule has 0 atom stereocenters. The van der Waals surface area contributed by atoms with Crippen molar-refractivity contribution in [3.63, 3.8) is 0 Å². The Bertz CT molecular complexity index is 228. The van der Waals surface area contributed by atoms with Gasteiger partial charge in [-0.2, -0.15) is 0 Å². The van der Waals surface area contributed by atoms with Gasteiger partial charge in [0.25, 0.3) is 0 Å². The van der Waals surface area contributed by atoms with E-state index in [9.17, 15) is 4.79 Å². The molecule has 0 spiro atoms. The van der Waals surface area contributed by atoms with Crippen LogP contribution in [0.2, 0.25) is 0 Å². The van der Waals surface area contributed by atoms with Gasteiger partial charge in [-0.25, -0.2) is 4.79 Å². The van der Waals surface area contributed by atoms with Gasteiger partial charge >= 0.3 is 124 Å². The standard InChI is InChI=1S/C7H6O2.4Na.4H/c8-7(9)6-4-2-1-3-5-6;;;;;;;;/h1-5H,(H,8,9);;;;;;;;/q;4*+1;4*-1. The van der Waals surface area contributed by atoms with Gasteiger partial charge < -0.3 is 10.8 Å². The molecule has 0 bridgehead atoms. The summed E-state index contributed by atoms with van der Waals surface area (Å²) in [6.45, 7) is 0. The van der Waals surface area contributed by atoms with E-state index in [1.807, 2.05) is 0 Å². The summed E-state index contributed by atoms with van der Waals surface area (Å²) in [5.74, 6) is -0.879. The normalized spacial score (nSPS) is 6.15. The first-order valence-electron chi connectivity index (χ1n) is 2.59. The van der Waals surface area contributed by atoms with Crippen molar-refractivity contribution in [1.82, 2.24) is 0 Å². The van der Waals surface area contributed by atoms with E-state index in [-0.39, 0.29) is 124 Å². The van der Waals surface area contributed by atoms with Gasteiger partial charge in [0.15, 0.2) is 0 Å². The average Bonchev–Trinajstić information content (AvgIpc) is 1.90. The van der Waals surface area contributed by atoms with Crippen molar-refractivity contribution in [1.29, 1.82) is 0 Å². The SMILES string of the molecule is O=C(O)c1ccccc1.[H-].[H-].[H-].[H-].[Na+].[Na+].[Na+].[Na+]. The van der Waals surface area contributed by atoms with E-state index < -0.39 is 5.97 Å². The van der Waals surface area contributed by atoms with Crippen molar-refractivity contribution in [2.75, 3.05) is 0 Å². The predicted octanol–water partition coefficient (Wildman–Crippen LogP) is -10.1. The van der Waals surface area contributed by atoms with Crippen LogP contribution in [0.4, 0.5) is 0 Å². The molecular weight excluding hydrogens is 208 g/mol. The number of carbonyl (C=O) groups is 1. The Morgan fingerprint density at radius 1 is 1.00 bits per heavy atom. The van der Waals surface area contributed by atoms with E-state index in [4.69, 9.17) is 5.11 Å². The van der Waals surface area contributed by atoms with Crippen LogP contribution in [0.5, 0.6) is 0 Å². The van der Waals surface area contributed by atoms with Gasteiger partial charge in [0, 0.05) is 0 Å². The molecule has 1 rings (SSSR count). The molecule has 0 saturated heterocycles. The Hall–Kier alpha value is 2.69. The number of carboxylic acids is 1. The summed E-state index contributed by atoms with van der Waals surface area (Å²) in [6.07, 6.45) is 0. The molecule has 0 aromatic heterocycles. The first kappa shape index (κ1) is 24.8. The Morgan fingerprint density at radius 3 is 1.62 bits per heavy atom. The molecule has 1 aromatic carbocycles. The number of hydrogen-bond donors (Lipinski definition) is 1. The number of aromatic carboxylic acids is 1. The van der Waals surface area contributed by atoms with Crippen LogP contribution < -0.4 is 118 Å². The molecule has 0 fully saturated rings. The summed E-state index contributed by atoms with van der Waals surface area (Å²) in [6, 6.07) is 8.30. The van der Waals surface area contributed by atoms with E-state index >= 15 is 0 Å². The molecule has 2 nitrogen and oxygen atoms in total. The molecule has 54 valence electrons. The van der Waals surface area contributed by atoms with E-state index in [1.54, 1.807) is 30.3 Å². The van der Waals surface area contributed by atoms with Crippen LogP contribution in [0.25, 0.3) is 0 Å². The van der Waals surface area contributed by atoms with Crippen LogP contribution in [-0.2, 0) is 0 Å². The zero-order valence-corrected chi connectivity index (χ0v) is 16.7. The monoisotopic (exact) mass is 218 g/mol. The smallest absolute Gasteiger partial charge is 1.00 e. The molecule has 0 radical (unpaired) electrons. The second kappa shape index (κ2) is 14.7. The largest absolute Gasteiger partial charge is 1.00 e. The number of rotatable bonds is 1. The van der Waals surface area contributed by atoms with Gasteiger partial charge in [-0.1, -0.05) is 18.2 Å². The minimum absolute atomic E-state index is 0. The summed E-state index contributed by atoms with van der Waals surface area (Å²) in [5.41, 5.74) is 0.331. The van der Waals surface area contributed by atoms with Crippen LogP contribution in [-0.4, -0.2) is 11.1 Å². The predicted molar refractivity (Wildman–Crippen MR) is 37.8 cm³/mol. The van der Waals surface area contributed by atoms with Crippen LogP contribution >= 0.6 is 0 Å². The Morgan fingerprint density at radius 2 is 1.38 bits per heavy atom. The fraction of sp³-hybridized carbons (Fsp3) is 0. The van der Waals surface area contributed by atoms with Gasteiger partial charge in [0.05, 0.1) is 5.56 Å². The maximum Gasteiger partial charge on any atom is 1.00 e. The molecule has 0 aliphatic carbocycles. The second-order valence-corrected chi connectivity index (χ2v) is 1.67. The maximum atomic E-state index is 10.2. The maximum absolute atomic E-state index is 10.2. The van der Waals surface area contributed by atoms with E-state index in [2.05, 4.69) is 0 Å². The minimum atomic E-state index is -0.879. The third-order valence-electron chi connectivity index (χ3n) is 1.02. The van der Waals surface area contributed by atoms with Crippen molar-refractivity contribution in [2.24, 2.45) is 0 Å². The van der Waals surface area contributed by atoms with Crippen LogP contribution in [0.1, 0.15) is 16.1 Å².